The predicted octanol–water partition coefficient (Wildman–Crippen LogP) is 6.10. The topological polar surface area (TPSA) is 12.0 Å². The lowest BCUT2D eigenvalue weighted by Crippen LogP contribution is -2.11. The highest BCUT2D eigenvalue weighted by Gasteiger charge is 2.17. The summed E-state index contributed by atoms with van der Waals surface area (Å²) in [5, 5.41) is 3.86. The van der Waals surface area contributed by atoms with Gasteiger partial charge in [0.25, 0.3) is 0 Å². The number of hydrogen-bond donors (Lipinski definition) is 1. The van der Waals surface area contributed by atoms with E-state index in [0.717, 1.165) is 0 Å². The molecule has 0 aromatic heterocycles. The molecule has 2 aromatic carbocycles. The first kappa shape index (κ1) is 15.4. The average molecular weight is 337 g/mol. The lowest BCUT2D eigenvalue weighted by atomic mass is 10.1. The van der Waals surface area contributed by atoms with Crippen LogP contribution in [0.25, 0.3) is 0 Å². The molecular weight excluding hydrogens is 327 g/mol. The molecule has 0 aliphatic heterocycles. The van der Waals surface area contributed by atoms with E-state index < -0.39 is 17.7 Å². The van der Waals surface area contributed by atoms with Gasteiger partial charge in [-0.1, -0.05) is 40.9 Å². The maximum Gasteiger partial charge on any atom is 0.131 e. The Balaban J connectivity index is 2.33. The molecule has 0 heterocycles. The van der Waals surface area contributed by atoms with E-state index in [-0.39, 0.29) is 5.56 Å². The van der Waals surface area contributed by atoms with Crippen molar-refractivity contribution in [2.24, 2.45) is 0 Å². The largest absolute Gasteiger partial charge is 0.377 e. The smallest absolute Gasteiger partial charge is 0.131 e. The Morgan fingerprint density at radius 2 is 1.50 bits per heavy atom. The molecule has 1 nitrogen and oxygen atoms in total. The lowest BCUT2D eigenvalue weighted by molar-refractivity contribution is 0.544. The molecule has 1 unspecified atom stereocenters. The standard InChI is InChI=1S/C14H10Cl3F2N/c1-7(14-11(18)3-2-4-12(14)19)20-13-6-9(16)8(15)5-10(13)17/h2-7,20H,1H3. The molecule has 1 N–H and O–H groups in total. The summed E-state index contributed by atoms with van der Waals surface area (Å²) in [5.74, 6) is -1.25. The molecule has 106 valence electrons. The molecule has 2 aromatic rings. The summed E-state index contributed by atoms with van der Waals surface area (Å²) in [6, 6.07) is 6.08. The van der Waals surface area contributed by atoms with Crippen molar-refractivity contribution in [2.75, 3.05) is 5.32 Å². The fraction of sp³-hybridized carbons (Fsp3) is 0.143. The Labute approximate surface area is 130 Å². The summed E-state index contributed by atoms with van der Waals surface area (Å²) in [7, 11) is 0. The van der Waals surface area contributed by atoms with Gasteiger partial charge >= 0.3 is 0 Å². The summed E-state index contributed by atoms with van der Waals surface area (Å²) in [4.78, 5) is 0. The van der Waals surface area contributed by atoms with Crippen LogP contribution in [0, 0.1) is 11.6 Å². The Morgan fingerprint density at radius 3 is 2.10 bits per heavy atom. The minimum Gasteiger partial charge on any atom is -0.377 e. The normalized spacial score (nSPS) is 12.3. The molecule has 1 atom stereocenters. The molecule has 0 saturated heterocycles. The zero-order valence-electron chi connectivity index (χ0n) is 10.4. The minimum absolute atomic E-state index is 0.0605. The highest BCUT2D eigenvalue weighted by Crippen LogP contribution is 2.34. The number of nitrogens with one attached hydrogen (secondary N) is 1. The fourth-order valence-electron chi connectivity index (χ4n) is 1.86. The summed E-state index contributed by atoms with van der Waals surface area (Å²) < 4.78 is 27.4. The van der Waals surface area contributed by atoms with Gasteiger partial charge in [-0.2, -0.15) is 0 Å². The Morgan fingerprint density at radius 1 is 0.950 bits per heavy atom. The Hall–Kier alpha value is -1.03. The third-order valence-electron chi connectivity index (χ3n) is 2.81. The molecular formula is C14H10Cl3F2N. The molecule has 0 bridgehead atoms. The first-order valence-electron chi connectivity index (χ1n) is 5.75. The third kappa shape index (κ3) is 3.17. The molecule has 2 rings (SSSR count). The van der Waals surface area contributed by atoms with Gasteiger partial charge in [-0.15, -0.1) is 0 Å². The van der Waals surface area contributed by atoms with Gasteiger partial charge in [-0.25, -0.2) is 8.78 Å². The van der Waals surface area contributed by atoms with Gasteiger partial charge in [-0.05, 0) is 31.2 Å². The quantitative estimate of drug-likeness (QED) is 0.668. The van der Waals surface area contributed by atoms with Crippen molar-refractivity contribution >= 4 is 40.5 Å². The molecule has 20 heavy (non-hydrogen) atoms. The van der Waals surface area contributed by atoms with Gasteiger partial charge in [0.1, 0.15) is 11.6 Å². The number of anilines is 1. The maximum atomic E-state index is 13.7. The summed E-state index contributed by atoms with van der Waals surface area (Å²) in [5.41, 5.74) is 0.394. The first-order chi connectivity index (χ1) is 9.40. The SMILES string of the molecule is CC(Nc1cc(Cl)c(Cl)cc1Cl)c1c(F)cccc1F. The molecule has 0 aliphatic carbocycles. The van der Waals surface area contributed by atoms with Crippen molar-refractivity contribution < 1.29 is 8.78 Å². The van der Waals surface area contributed by atoms with E-state index in [1.54, 1.807) is 6.92 Å². The van der Waals surface area contributed by atoms with Crippen LogP contribution in [0.5, 0.6) is 0 Å². The van der Waals surface area contributed by atoms with Gasteiger partial charge in [0.15, 0.2) is 0 Å². The highest BCUT2D eigenvalue weighted by atomic mass is 35.5. The van der Waals surface area contributed by atoms with Gasteiger partial charge < -0.3 is 5.32 Å². The summed E-state index contributed by atoms with van der Waals surface area (Å²) >= 11 is 17.7. The third-order valence-corrected chi connectivity index (χ3v) is 3.85. The van der Waals surface area contributed by atoms with Crippen molar-refractivity contribution in [1.82, 2.24) is 0 Å². The van der Waals surface area contributed by atoms with E-state index in [2.05, 4.69) is 5.32 Å². The van der Waals surface area contributed by atoms with Crippen LogP contribution in [0.15, 0.2) is 30.3 Å². The van der Waals surface area contributed by atoms with Crippen LogP contribution in [0.1, 0.15) is 18.5 Å². The average Bonchev–Trinajstić information content (AvgIpc) is 2.35. The van der Waals surface area contributed by atoms with Gasteiger partial charge in [0.2, 0.25) is 0 Å². The maximum absolute atomic E-state index is 13.7. The number of benzene rings is 2. The Bertz CT molecular complexity index is 626. The van der Waals surface area contributed by atoms with E-state index in [1.165, 1.54) is 30.3 Å². The van der Waals surface area contributed by atoms with Gasteiger partial charge in [0, 0.05) is 5.56 Å². The summed E-state index contributed by atoms with van der Waals surface area (Å²) in [6.45, 7) is 1.63. The zero-order valence-corrected chi connectivity index (χ0v) is 12.6. The number of halogens is 5. The van der Waals surface area contributed by atoms with E-state index >= 15 is 0 Å². The lowest BCUT2D eigenvalue weighted by Gasteiger charge is -2.18. The van der Waals surface area contributed by atoms with E-state index in [0.29, 0.717) is 20.8 Å². The van der Waals surface area contributed by atoms with Crippen LogP contribution < -0.4 is 5.32 Å². The Kier molecular flexibility index (Phi) is 4.74. The molecule has 0 amide bonds. The fourth-order valence-corrected chi connectivity index (χ4v) is 2.46. The van der Waals surface area contributed by atoms with Crippen LogP contribution in [0.2, 0.25) is 15.1 Å². The minimum atomic E-state index is -0.624. The van der Waals surface area contributed by atoms with Crippen molar-refractivity contribution in [3.63, 3.8) is 0 Å². The number of rotatable bonds is 3. The van der Waals surface area contributed by atoms with Crippen molar-refractivity contribution in [3.05, 3.63) is 62.6 Å². The second kappa shape index (κ2) is 6.17. The first-order valence-corrected chi connectivity index (χ1v) is 6.88. The second-order valence-electron chi connectivity index (χ2n) is 4.25. The predicted molar refractivity (Wildman–Crippen MR) is 79.9 cm³/mol. The van der Waals surface area contributed by atoms with Crippen LogP contribution in [0.4, 0.5) is 14.5 Å². The molecule has 0 spiro atoms. The molecule has 6 heteroatoms. The highest BCUT2D eigenvalue weighted by molar-refractivity contribution is 6.44. The van der Waals surface area contributed by atoms with Crippen molar-refractivity contribution in [2.45, 2.75) is 13.0 Å². The zero-order chi connectivity index (χ0) is 14.9. The summed E-state index contributed by atoms with van der Waals surface area (Å²) in [6.07, 6.45) is 0. The van der Waals surface area contributed by atoms with Crippen molar-refractivity contribution in [3.8, 4) is 0 Å². The number of hydrogen-bond acceptors (Lipinski definition) is 1. The van der Waals surface area contributed by atoms with Crippen LogP contribution in [-0.4, -0.2) is 0 Å². The monoisotopic (exact) mass is 335 g/mol. The molecule has 0 aliphatic rings. The van der Waals surface area contributed by atoms with Crippen molar-refractivity contribution in [1.29, 1.82) is 0 Å². The van der Waals surface area contributed by atoms with E-state index in [9.17, 15) is 8.78 Å². The molecule has 0 fully saturated rings. The van der Waals surface area contributed by atoms with E-state index in [1.807, 2.05) is 0 Å². The molecule has 0 radical (unpaired) electrons. The molecule has 0 saturated carbocycles. The van der Waals surface area contributed by atoms with Crippen LogP contribution in [0.3, 0.4) is 0 Å². The van der Waals surface area contributed by atoms with Crippen LogP contribution >= 0.6 is 34.8 Å². The second-order valence-corrected chi connectivity index (χ2v) is 5.47. The van der Waals surface area contributed by atoms with E-state index in [4.69, 9.17) is 34.8 Å². The van der Waals surface area contributed by atoms with Gasteiger partial charge in [0.05, 0.1) is 26.8 Å². The van der Waals surface area contributed by atoms with Crippen LogP contribution in [-0.2, 0) is 0 Å². The van der Waals surface area contributed by atoms with Gasteiger partial charge in [-0.3, -0.25) is 0 Å².